The van der Waals surface area contributed by atoms with E-state index in [1.807, 2.05) is 0 Å². The summed E-state index contributed by atoms with van der Waals surface area (Å²) >= 11 is 0. The van der Waals surface area contributed by atoms with Gasteiger partial charge in [0.25, 0.3) is 0 Å². The average Bonchev–Trinajstić information content (AvgIpc) is 2.48. The molecule has 1 aromatic carbocycles. The lowest BCUT2D eigenvalue weighted by atomic mass is 10.1. The fourth-order valence-electron chi connectivity index (χ4n) is 1.95. The molecule has 0 bridgehead atoms. The molecular weight excluding hydrogens is 280 g/mol. The predicted molar refractivity (Wildman–Crippen MR) is 70.8 cm³/mol. The summed E-state index contributed by atoms with van der Waals surface area (Å²) in [6.07, 6.45) is -5.17. The normalized spacial score (nSPS) is 29.0. The van der Waals surface area contributed by atoms with E-state index in [2.05, 4.69) is 0 Å². The molecule has 0 aromatic heterocycles. The van der Waals surface area contributed by atoms with E-state index in [4.69, 9.17) is 14.2 Å². The van der Waals surface area contributed by atoms with Crippen LogP contribution in [-0.4, -0.2) is 59.1 Å². The van der Waals surface area contributed by atoms with Crippen LogP contribution in [0.2, 0.25) is 0 Å². The van der Waals surface area contributed by atoms with Crippen LogP contribution in [0.1, 0.15) is 17.3 Å². The van der Waals surface area contributed by atoms with Crippen LogP contribution >= 0.6 is 0 Å². The maximum Gasteiger partial charge on any atom is 0.341 e. The SMILES string of the molecule is CCOC(=O)c1ccccc1OC1OCC(O)C(O)C1O. The minimum Gasteiger partial charge on any atom is -0.462 e. The van der Waals surface area contributed by atoms with Gasteiger partial charge in [0.05, 0.1) is 13.2 Å². The summed E-state index contributed by atoms with van der Waals surface area (Å²) in [5.74, 6) is -0.387. The van der Waals surface area contributed by atoms with E-state index in [-0.39, 0.29) is 24.5 Å². The molecule has 116 valence electrons. The highest BCUT2D eigenvalue weighted by molar-refractivity contribution is 5.92. The van der Waals surface area contributed by atoms with Crippen molar-refractivity contribution in [2.45, 2.75) is 31.5 Å². The molecule has 7 nitrogen and oxygen atoms in total. The van der Waals surface area contributed by atoms with Gasteiger partial charge in [-0.15, -0.1) is 0 Å². The first-order valence-corrected chi connectivity index (χ1v) is 6.63. The number of hydrogen-bond acceptors (Lipinski definition) is 7. The van der Waals surface area contributed by atoms with Crippen molar-refractivity contribution in [3.63, 3.8) is 0 Å². The zero-order chi connectivity index (χ0) is 15.4. The van der Waals surface area contributed by atoms with Crippen LogP contribution in [0.3, 0.4) is 0 Å². The van der Waals surface area contributed by atoms with Crippen LogP contribution in [0.25, 0.3) is 0 Å². The summed E-state index contributed by atoms with van der Waals surface area (Å²) in [5.41, 5.74) is 0.191. The monoisotopic (exact) mass is 298 g/mol. The van der Waals surface area contributed by atoms with E-state index in [9.17, 15) is 20.1 Å². The van der Waals surface area contributed by atoms with E-state index >= 15 is 0 Å². The topological polar surface area (TPSA) is 105 Å². The third kappa shape index (κ3) is 3.51. The first-order valence-electron chi connectivity index (χ1n) is 6.63. The van der Waals surface area contributed by atoms with Crippen LogP contribution in [-0.2, 0) is 9.47 Å². The summed E-state index contributed by atoms with van der Waals surface area (Å²) in [7, 11) is 0. The maximum atomic E-state index is 11.8. The van der Waals surface area contributed by atoms with Gasteiger partial charge in [-0.25, -0.2) is 4.79 Å². The van der Waals surface area contributed by atoms with Crippen molar-refractivity contribution in [2.75, 3.05) is 13.2 Å². The minimum absolute atomic E-state index is 0.170. The average molecular weight is 298 g/mol. The molecule has 1 fully saturated rings. The highest BCUT2D eigenvalue weighted by Crippen LogP contribution is 2.24. The molecule has 1 aliphatic heterocycles. The van der Waals surface area contributed by atoms with Crippen molar-refractivity contribution in [2.24, 2.45) is 0 Å². The Bertz CT molecular complexity index is 490. The standard InChI is InChI=1S/C14H18O7/c1-2-19-13(18)8-5-3-4-6-10(8)21-14-12(17)11(16)9(15)7-20-14/h3-6,9,11-12,14-17H,2,7H2,1H3. The second-order valence-electron chi connectivity index (χ2n) is 4.58. The molecule has 7 heteroatoms. The van der Waals surface area contributed by atoms with Gasteiger partial charge in [-0.3, -0.25) is 0 Å². The Morgan fingerprint density at radius 3 is 2.71 bits per heavy atom. The first kappa shape index (κ1) is 15.7. The van der Waals surface area contributed by atoms with Gasteiger partial charge in [0.2, 0.25) is 6.29 Å². The van der Waals surface area contributed by atoms with Gasteiger partial charge < -0.3 is 29.5 Å². The number of rotatable bonds is 4. The van der Waals surface area contributed by atoms with Crippen LogP contribution in [0.5, 0.6) is 5.75 Å². The van der Waals surface area contributed by atoms with Gasteiger partial charge in [0, 0.05) is 0 Å². The summed E-state index contributed by atoms with van der Waals surface area (Å²) < 4.78 is 15.5. The number of aliphatic hydroxyl groups is 3. The van der Waals surface area contributed by atoms with E-state index in [1.165, 1.54) is 12.1 Å². The fourth-order valence-corrected chi connectivity index (χ4v) is 1.95. The number of ether oxygens (including phenoxy) is 3. The van der Waals surface area contributed by atoms with Crippen LogP contribution in [0.4, 0.5) is 0 Å². The number of hydrogen-bond donors (Lipinski definition) is 3. The molecule has 1 aromatic rings. The summed E-state index contributed by atoms with van der Waals surface area (Å²) in [6, 6.07) is 6.35. The zero-order valence-corrected chi connectivity index (χ0v) is 11.5. The summed E-state index contributed by atoms with van der Waals surface area (Å²) in [6.45, 7) is 1.73. The number of benzene rings is 1. The third-order valence-electron chi connectivity index (χ3n) is 3.08. The molecule has 0 spiro atoms. The first-order chi connectivity index (χ1) is 10.0. The molecular formula is C14H18O7. The maximum absolute atomic E-state index is 11.8. The lowest BCUT2D eigenvalue weighted by Gasteiger charge is -2.35. The second-order valence-corrected chi connectivity index (χ2v) is 4.58. The number of esters is 1. The van der Waals surface area contributed by atoms with Crippen molar-refractivity contribution in [3.05, 3.63) is 29.8 Å². The largest absolute Gasteiger partial charge is 0.462 e. The Morgan fingerprint density at radius 1 is 1.29 bits per heavy atom. The van der Waals surface area contributed by atoms with Gasteiger partial charge in [0.15, 0.2) is 0 Å². The highest BCUT2D eigenvalue weighted by atomic mass is 16.7. The number of carbonyl (C=O) groups excluding carboxylic acids is 1. The quantitative estimate of drug-likeness (QED) is 0.654. The van der Waals surface area contributed by atoms with Crippen molar-refractivity contribution >= 4 is 5.97 Å². The lowest BCUT2D eigenvalue weighted by molar-refractivity contribution is -0.242. The zero-order valence-electron chi connectivity index (χ0n) is 11.5. The van der Waals surface area contributed by atoms with Gasteiger partial charge in [-0.05, 0) is 19.1 Å². The Morgan fingerprint density at radius 2 is 2.00 bits per heavy atom. The third-order valence-corrected chi connectivity index (χ3v) is 3.08. The van der Waals surface area contributed by atoms with Crippen LogP contribution in [0, 0.1) is 0 Å². The summed E-state index contributed by atoms with van der Waals surface area (Å²) in [4.78, 5) is 11.8. The number of para-hydroxylation sites is 1. The Labute approximate surface area is 121 Å². The Hall–Kier alpha value is -1.67. The Kier molecular flexibility index (Phi) is 5.13. The van der Waals surface area contributed by atoms with Gasteiger partial charge in [-0.1, -0.05) is 12.1 Å². The molecule has 1 saturated heterocycles. The van der Waals surface area contributed by atoms with Crippen molar-refractivity contribution in [1.29, 1.82) is 0 Å². The molecule has 21 heavy (non-hydrogen) atoms. The fraction of sp³-hybridized carbons (Fsp3) is 0.500. The smallest absolute Gasteiger partial charge is 0.341 e. The predicted octanol–water partition coefficient (Wildman–Crippen LogP) is -0.319. The van der Waals surface area contributed by atoms with Crippen LogP contribution in [0.15, 0.2) is 24.3 Å². The number of aliphatic hydroxyl groups excluding tert-OH is 3. The van der Waals surface area contributed by atoms with Crippen molar-refractivity contribution in [3.8, 4) is 5.75 Å². The van der Waals surface area contributed by atoms with Gasteiger partial charge >= 0.3 is 5.97 Å². The van der Waals surface area contributed by atoms with E-state index in [0.717, 1.165) is 0 Å². The summed E-state index contributed by atoms with van der Waals surface area (Å²) in [5, 5.41) is 28.8. The second kappa shape index (κ2) is 6.86. The molecule has 0 aliphatic carbocycles. The van der Waals surface area contributed by atoms with E-state index < -0.39 is 30.6 Å². The molecule has 3 N–H and O–H groups in total. The van der Waals surface area contributed by atoms with Gasteiger partial charge in [-0.2, -0.15) is 0 Å². The number of carbonyl (C=O) groups is 1. The molecule has 0 amide bonds. The molecule has 4 unspecified atom stereocenters. The van der Waals surface area contributed by atoms with Crippen molar-refractivity contribution in [1.82, 2.24) is 0 Å². The molecule has 1 heterocycles. The minimum atomic E-state index is -1.43. The molecule has 0 saturated carbocycles. The molecule has 4 atom stereocenters. The van der Waals surface area contributed by atoms with Gasteiger partial charge in [0.1, 0.15) is 29.6 Å². The molecule has 2 rings (SSSR count). The van der Waals surface area contributed by atoms with E-state index in [0.29, 0.717) is 0 Å². The highest BCUT2D eigenvalue weighted by Gasteiger charge is 2.39. The van der Waals surface area contributed by atoms with E-state index in [1.54, 1.807) is 19.1 Å². The molecule has 1 aliphatic rings. The molecule has 0 radical (unpaired) electrons. The van der Waals surface area contributed by atoms with Crippen molar-refractivity contribution < 1.29 is 34.3 Å². The van der Waals surface area contributed by atoms with Crippen LogP contribution < -0.4 is 4.74 Å². The lowest BCUT2D eigenvalue weighted by Crippen LogP contribution is -2.54. The Balaban J connectivity index is 2.14.